The fourth-order valence-corrected chi connectivity index (χ4v) is 2.99. The molecule has 0 saturated carbocycles. The summed E-state index contributed by atoms with van der Waals surface area (Å²) in [6.07, 6.45) is 4.49. The Hall–Kier alpha value is -2.21. The van der Waals surface area contributed by atoms with Gasteiger partial charge < -0.3 is 0 Å². The highest BCUT2D eigenvalue weighted by molar-refractivity contribution is 5.93. The van der Waals surface area contributed by atoms with Crippen LogP contribution in [-0.2, 0) is 11.3 Å². The van der Waals surface area contributed by atoms with Gasteiger partial charge in [0.2, 0.25) is 11.9 Å². The van der Waals surface area contributed by atoms with Crippen LogP contribution in [0.5, 0.6) is 0 Å². The summed E-state index contributed by atoms with van der Waals surface area (Å²) in [6, 6.07) is 8.35. The molecule has 1 aromatic carbocycles. The van der Waals surface area contributed by atoms with Crippen LogP contribution in [0.15, 0.2) is 30.6 Å². The topological polar surface area (TPSA) is 73.9 Å². The van der Waals surface area contributed by atoms with Crippen molar-refractivity contribution in [2.45, 2.75) is 38.8 Å². The Bertz CT molecular complexity index is 625. The number of hydrogen-bond acceptors (Lipinski definition) is 4. The molecule has 116 valence electrons. The van der Waals surface area contributed by atoms with Gasteiger partial charge in [-0.3, -0.25) is 15.0 Å². The van der Waals surface area contributed by atoms with Gasteiger partial charge in [0.15, 0.2) is 0 Å². The van der Waals surface area contributed by atoms with Crippen LogP contribution in [0.2, 0.25) is 0 Å². The Kier molecular flexibility index (Phi) is 4.48. The summed E-state index contributed by atoms with van der Waals surface area (Å²) in [6.45, 7) is 3.84. The molecule has 1 saturated heterocycles. The largest absolute Gasteiger partial charge is 0.294 e. The first-order valence-corrected chi connectivity index (χ1v) is 7.68. The number of amides is 1. The second-order valence-corrected chi connectivity index (χ2v) is 5.79. The second-order valence-electron chi connectivity index (χ2n) is 5.79. The fraction of sp³-hybridized carbons (Fsp3) is 0.438. The van der Waals surface area contributed by atoms with Gasteiger partial charge in [0.1, 0.15) is 6.33 Å². The first kappa shape index (κ1) is 14.7. The average molecular weight is 299 g/mol. The number of nitrogens with zero attached hydrogens (tertiary/aromatic N) is 3. The second kappa shape index (κ2) is 6.70. The van der Waals surface area contributed by atoms with Crippen LogP contribution < -0.4 is 5.32 Å². The van der Waals surface area contributed by atoms with E-state index in [4.69, 9.17) is 0 Å². The predicted octanol–water partition coefficient (Wildman–Crippen LogP) is 2.11. The number of benzene rings is 1. The van der Waals surface area contributed by atoms with E-state index in [-0.39, 0.29) is 11.9 Å². The van der Waals surface area contributed by atoms with Gasteiger partial charge in [-0.25, -0.2) is 5.10 Å². The number of aryl methyl sites for hydroxylation is 1. The van der Waals surface area contributed by atoms with Crippen LogP contribution in [0.1, 0.15) is 30.4 Å². The molecule has 6 nitrogen and oxygen atoms in total. The lowest BCUT2D eigenvalue weighted by atomic mass is 10.00. The van der Waals surface area contributed by atoms with E-state index in [1.807, 2.05) is 0 Å². The molecule has 6 heteroatoms. The lowest BCUT2D eigenvalue weighted by Crippen LogP contribution is -2.46. The maximum Gasteiger partial charge on any atom is 0.244 e. The van der Waals surface area contributed by atoms with Crippen molar-refractivity contribution in [3.05, 3.63) is 41.7 Å². The Morgan fingerprint density at radius 3 is 3.14 bits per heavy atom. The number of anilines is 1. The van der Waals surface area contributed by atoms with E-state index in [0.717, 1.165) is 32.4 Å². The molecule has 1 unspecified atom stereocenters. The normalized spacial score (nSPS) is 19.0. The van der Waals surface area contributed by atoms with Gasteiger partial charge in [-0.15, -0.1) is 0 Å². The maximum atomic E-state index is 12.5. The van der Waals surface area contributed by atoms with Crippen LogP contribution in [0, 0.1) is 6.92 Å². The minimum atomic E-state index is -0.112. The molecule has 0 spiro atoms. The molecule has 1 aliphatic heterocycles. The molecule has 2 aromatic rings. The zero-order chi connectivity index (χ0) is 15.4. The van der Waals surface area contributed by atoms with E-state index in [0.29, 0.717) is 5.95 Å². The number of carbonyl (C=O) groups is 1. The number of aromatic amines is 1. The highest BCUT2D eigenvalue weighted by atomic mass is 16.2. The summed E-state index contributed by atoms with van der Waals surface area (Å²) < 4.78 is 0. The molecule has 0 bridgehead atoms. The predicted molar refractivity (Wildman–Crippen MR) is 84.2 cm³/mol. The quantitative estimate of drug-likeness (QED) is 0.907. The molecule has 1 amide bonds. The number of rotatable bonds is 4. The van der Waals surface area contributed by atoms with E-state index in [1.165, 1.54) is 17.5 Å². The Labute approximate surface area is 129 Å². The van der Waals surface area contributed by atoms with E-state index in [9.17, 15) is 4.79 Å². The van der Waals surface area contributed by atoms with Crippen LogP contribution >= 0.6 is 0 Å². The standard InChI is InChI=1S/C16H21N5O/c1-12-5-4-6-13(9-12)10-21-8-3-2-7-14(21)15(22)19-16-17-11-18-20-16/h4-6,9,11,14H,2-3,7-8,10H2,1H3,(H2,17,18,19,20,22). The van der Waals surface area contributed by atoms with Crippen molar-refractivity contribution >= 4 is 11.9 Å². The number of carbonyl (C=O) groups excluding carboxylic acids is 1. The fourth-order valence-electron chi connectivity index (χ4n) is 2.99. The van der Waals surface area contributed by atoms with Gasteiger partial charge in [-0.1, -0.05) is 36.2 Å². The van der Waals surface area contributed by atoms with Gasteiger partial charge in [-0.05, 0) is 31.9 Å². The van der Waals surface area contributed by atoms with Gasteiger partial charge in [0.05, 0.1) is 6.04 Å². The van der Waals surface area contributed by atoms with Crippen molar-refractivity contribution < 1.29 is 4.79 Å². The maximum absolute atomic E-state index is 12.5. The zero-order valence-corrected chi connectivity index (χ0v) is 12.7. The zero-order valence-electron chi connectivity index (χ0n) is 12.7. The number of piperidine rings is 1. The number of nitrogens with one attached hydrogen (secondary N) is 2. The van der Waals surface area contributed by atoms with E-state index in [2.05, 4.69) is 56.6 Å². The van der Waals surface area contributed by atoms with E-state index >= 15 is 0 Å². The van der Waals surface area contributed by atoms with Crippen molar-refractivity contribution in [1.29, 1.82) is 0 Å². The Balaban J connectivity index is 1.69. The van der Waals surface area contributed by atoms with Gasteiger partial charge in [0.25, 0.3) is 0 Å². The van der Waals surface area contributed by atoms with Crippen molar-refractivity contribution in [2.75, 3.05) is 11.9 Å². The molecule has 3 rings (SSSR count). The third-order valence-electron chi connectivity index (χ3n) is 4.04. The minimum Gasteiger partial charge on any atom is -0.294 e. The van der Waals surface area contributed by atoms with E-state index < -0.39 is 0 Å². The summed E-state index contributed by atoms with van der Waals surface area (Å²) in [5.41, 5.74) is 2.50. The van der Waals surface area contributed by atoms with E-state index in [1.54, 1.807) is 0 Å². The molecule has 2 N–H and O–H groups in total. The number of hydrogen-bond donors (Lipinski definition) is 2. The molecule has 1 fully saturated rings. The van der Waals surface area contributed by atoms with Crippen LogP contribution in [0.25, 0.3) is 0 Å². The Morgan fingerprint density at radius 1 is 1.45 bits per heavy atom. The number of likely N-dealkylation sites (tertiary alicyclic amines) is 1. The lowest BCUT2D eigenvalue weighted by Gasteiger charge is -2.34. The molecule has 0 aliphatic carbocycles. The third kappa shape index (κ3) is 3.51. The van der Waals surface area contributed by atoms with Crippen molar-refractivity contribution in [3.8, 4) is 0 Å². The molecule has 1 aliphatic rings. The molecular weight excluding hydrogens is 278 g/mol. The highest BCUT2D eigenvalue weighted by Gasteiger charge is 2.29. The summed E-state index contributed by atoms with van der Waals surface area (Å²) in [5.74, 6) is 0.398. The summed E-state index contributed by atoms with van der Waals surface area (Å²) in [7, 11) is 0. The highest BCUT2D eigenvalue weighted by Crippen LogP contribution is 2.21. The van der Waals surface area contributed by atoms with Crippen molar-refractivity contribution in [1.82, 2.24) is 20.1 Å². The Morgan fingerprint density at radius 2 is 2.36 bits per heavy atom. The lowest BCUT2D eigenvalue weighted by molar-refractivity contribution is -0.122. The first-order valence-electron chi connectivity index (χ1n) is 7.68. The molecule has 1 aromatic heterocycles. The van der Waals surface area contributed by atoms with Gasteiger partial charge >= 0.3 is 0 Å². The van der Waals surface area contributed by atoms with Gasteiger partial charge in [-0.2, -0.15) is 10.1 Å². The number of H-pyrrole nitrogens is 1. The summed E-state index contributed by atoms with van der Waals surface area (Å²) in [5, 5.41) is 9.23. The molecule has 22 heavy (non-hydrogen) atoms. The summed E-state index contributed by atoms with van der Waals surface area (Å²) in [4.78, 5) is 18.7. The summed E-state index contributed by atoms with van der Waals surface area (Å²) >= 11 is 0. The average Bonchev–Trinajstić information content (AvgIpc) is 3.01. The number of aromatic nitrogens is 3. The monoisotopic (exact) mass is 299 g/mol. The van der Waals surface area contributed by atoms with Crippen molar-refractivity contribution in [3.63, 3.8) is 0 Å². The molecular formula is C16H21N5O. The van der Waals surface area contributed by atoms with Crippen LogP contribution in [-0.4, -0.2) is 38.6 Å². The molecule has 0 radical (unpaired) electrons. The first-order chi connectivity index (χ1) is 10.7. The third-order valence-corrected chi connectivity index (χ3v) is 4.04. The molecule has 1 atom stereocenters. The SMILES string of the molecule is Cc1cccc(CN2CCCCC2C(=O)Nc2ncn[nH]2)c1. The van der Waals surface area contributed by atoms with Crippen molar-refractivity contribution in [2.24, 2.45) is 0 Å². The smallest absolute Gasteiger partial charge is 0.244 e. The van der Waals surface area contributed by atoms with Crippen LogP contribution in [0.3, 0.4) is 0 Å². The minimum absolute atomic E-state index is 0.0101. The van der Waals surface area contributed by atoms with Gasteiger partial charge in [0, 0.05) is 6.54 Å². The molecule has 2 heterocycles. The van der Waals surface area contributed by atoms with Crippen LogP contribution in [0.4, 0.5) is 5.95 Å².